The second-order valence-electron chi connectivity index (χ2n) is 13.3. The van der Waals surface area contributed by atoms with E-state index in [0.29, 0.717) is 46.8 Å². The summed E-state index contributed by atoms with van der Waals surface area (Å²) in [5.41, 5.74) is 2.00. The molecule has 3 saturated carbocycles. The van der Waals surface area contributed by atoms with Crippen LogP contribution in [0.3, 0.4) is 0 Å². The number of fused-ring (bicyclic) bond motifs is 5. The highest BCUT2D eigenvalue weighted by Gasteiger charge is 2.61. The molecule has 4 aliphatic carbocycles. The van der Waals surface area contributed by atoms with Crippen molar-refractivity contribution >= 4 is 0 Å². The third kappa shape index (κ3) is 4.27. The fraction of sp³-hybridized carbons (Fsp3) is 0.933. The zero-order valence-electron chi connectivity index (χ0n) is 22.5. The molecule has 0 spiro atoms. The summed E-state index contributed by atoms with van der Waals surface area (Å²) in [7, 11) is 1.89. The molecule has 11 atom stereocenters. The number of ether oxygens (including phenoxy) is 1. The monoisotopic (exact) mass is 460 g/mol. The van der Waals surface area contributed by atoms with Crippen molar-refractivity contribution < 1.29 is 14.9 Å². The van der Waals surface area contributed by atoms with E-state index in [9.17, 15) is 10.2 Å². The van der Waals surface area contributed by atoms with Gasteiger partial charge in [0, 0.05) is 7.11 Å². The van der Waals surface area contributed by atoms with E-state index in [1.165, 1.54) is 31.3 Å². The first-order chi connectivity index (χ1) is 15.6. The molecule has 0 aromatic rings. The summed E-state index contributed by atoms with van der Waals surface area (Å²) in [6, 6.07) is 0. The Hall–Kier alpha value is -0.380. The van der Waals surface area contributed by atoms with Crippen LogP contribution in [0.4, 0.5) is 0 Å². The van der Waals surface area contributed by atoms with Gasteiger partial charge in [-0.2, -0.15) is 0 Å². The van der Waals surface area contributed by atoms with Crippen LogP contribution in [0.25, 0.3) is 0 Å². The van der Waals surface area contributed by atoms with E-state index < -0.39 is 0 Å². The van der Waals surface area contributed by atoms with E-state index in [-0.39, 0.29) is 23.7 Å². The Kier molecular flexibility index (Phi) is 7.46. The largest absolute Gasteiger partial charge is 0.393 e. The average Bonchev–Trinajstić information content (AvgIpc) is 3.13. The van der Waals surface area contributed by atoms with Gasteiger partial charge in [0.25, 0.3) is 0 Å². The van der Waals surface area contributed by atoms with Gasteiger partial charge in [0.2, 0.25) is 0 Å². The van der Waals surface area contributed by atoms with Gasteiger partial charge in [0.05, 0.1) is 18.3 Å². The highest BCUT2D eigenvalue weighted by atomic mass is 16.5. The first kappa shape index (κ1) is 25.7. The minimum absolute atomic E-state index is 0.178. The summed E-state index contributed by atoms with van der Waals surface area (Å²) in [6.45, 7) is 14.3. The lowest BCUT2D eigenvalue weighted by Gasteiger charge is -2.60. The number of hydrogen-bond acceptors (Lipinski definition) is 3. The normalized spacial score (nSPS) is 45.6. The van der Waals surface area contributed by atoms with Crippen LogP contribution in [0.15, 0.2) is 11.6 Å². The third-order valence-electron chi connectivity index (χ3n) is 11.7. The molecule has 0 aromatic carbocycles. The Morgan fingerprint density at radius 2 is 1.79 bits per heavy atom. The zero-order valence-corrected chi connectivity index (χ0v) is 22.5. The second-order valence-corrected chi connectivity index (χ2v) is 13.3. The number of aliphatic hydroxyl groups is 2. The van der Waals surface area contributed by atoms with E-state index in [1.54, 1.807) is 0 Å². The smallest absolute Gasteiger partial charge is 0.0788 e. The highest BCUT2D eigenvalue weighted by molar-refractivity contribution is 5.28. The minimum Gasteiger partial charge on any atom is -0.393 e. The molecule has 2 N–H and O–H groups in total. The molecule has 4 aliphatic rings. The number of hydrogen-bond donors (Lipinski definition) is 2. The van der Waals surface area contributed by atoms with E-state index in [2.05, 4.69) is 47.6 Å². The molecule has 3 nitrogen and oxygen atoms in total. The van der Waals surface area contributed by atoms with Crippen LogP contribution in [-0.2, 0) is 4.74 Å². The van der Waals surface area contributed by atoms with Crippen molar-refractivity contribution in [3.8, 4) is 0 Å². The standard InChI is InChI=1S/C30H52O3/c1-8-20(18(2)3)15-26(32)19(4)23-9-10-24-28-25(12-14-30(23,24)6)29(5)13-11-22(31)16-21(29)17-27(28)33-7/h17-20,22-28,31-32H,8-16H2,1-7H3/t19-,20+,22-,23?,24?,25?,26+,27-,28?,29-,30+/m0/s1. The average molecular weight is 461 g/mol. The van der Waals surface area contributed by atoms with Crippen molar-refractivity contribution in [2.45, 2.75) is 118 Å². The predicted molar refractivity (Wildman–Crippen MR) is 136 cm³/mol. The maximum absolute atomic E-state index is 11.3. The van der Waals surface area contributed by atoms with Crippen LogP contribution >= 0.6 is 0 Å². The number of methoxy groups -OCH3 is 1. The predicted octanol–water partition coefficient (Wildman–Crippen LogP) is 6.62. The van der Waals surface area contributed by atoms with Crippen molar-refractivity contribution in [2.75, 3.05) is 7.11 Å². The third-order valence-corrected chi connectivity index (χ3v) is 11.7. The quantitative estimate of drug-likeness (QED) is 0.420. The lowest BCUT2D eigenvalue weighted by Crippen LogP contribution is -2.55. The van der Waals surface area contributed by atoms with Crippen LogP contribution in [0.5, 0.6) is 0 Å². The van der Waals surface area contributed by atoms with Crippen LogP contribution in [0.1, 0.15) is 99.3 Å². The SMILES string of the molecule is CC[C@H](C[C@@H](O)[C@@H](C)C1CCC2C3C(CC[C@@]21C)[C@@]1(C)CC[C@H](O)CC1=C[C@@H]3OC)C(C)C. The van der Waals surface area contributed by atoms with E-state index in [1.807, 2.05) is 7.11 Å². The van der Waals surface area contributed by atoms with Crippen molar-refractivity contribution in [3.05, 3.63) is 11.6 Å². The van der Waals surface area contributed by atoms with Crippen molar-refractivity contribution in [3.63, 3.8) is 0 Å². The molecule has 0 heterocycles. The van der Waals surface area contributed by atoms with Crippen LogP contribution < -0.4 is 0 Å². The van der Waals surface area contributed by atoms with Crippen LogP contribution in [0.2, 0.25) is 0 Å². The summed E-state index contributed by atoms with van der Waals surface area (Å²) in [5, 5.41) is 21.7. The fourth-order valence-electron chi connectivity index (χ4n) is 9.44. The second kappa shape index (κ2) is 9.58. The maximum Gasteiger partial charge on any atom is 0.0788 e. The summed E-state index contributed by atoms with van der Waals surface area (Å²) in [4.78, 5) is 0. The highest BCUT2D eigenvalue weighted by Crippen LogP contribution is 2.67. The molecule has 33 heavy (non-hydrogen) atoms. The molecule has 4 unspecified atom stereocenters. The molecule has 0 radical (unpaired) electrons. The van der Waals surface area contributed by atoms with Gasteiger partial charge in [-0.25, -0.2) is 0 Å². The van der Waals surface area contributed by atoms with E-state index in [4.69, 9.17) is 4.74 Å². The van der Waals surface area contributed by atoms with Gasteiger partial charge in [-0.1, -0.05) is 59.6 Å². The first-order valence-electron chi connectivity index (χ1n) is 14.2. The van der Waals surface area contributed by atoms with Gasteiger partial charge in [0.1, 0.15) is 0 Å². The van der Waals surface area contributed by atoms with Crippen LogP contribution in [-0.4, -0.2) is 35.6 Å². The molecule has 190 valence electrons. The molecular formula is C30H52O3. The van der Waals surface area contributed by atoms with Gasteiger partial charge in [-0.15, -0.1) is 0 Å². The molecule has 3 heteroatoms. The first-order valence-corrected chi connectivity index (χ1v) is 14.2. The lowest BCUT2D eigenvalue weighted by atomic mass is 9.46. The van der Waals surface area contributed by atoms with Gasteiger partial charge in [-0.05, 0) is 104 Å². The van der Waals surface area contributed by atoms with Gasteiger partial charge in [-0.3, -0.25) is 0 Å². The molecule has 0 amide bonds. The topological polar surface area (TPSA) is 49.7 Å². The molecule has 0 bridgehead atoms. The van der Waals surface area contributed by atoms with Crippen molar-refractivity contribution in [1.29, 1.82) is 0 Å². The molecule has 0 saturated heterocycles. The fourth-order valence-corrected chi connectivity index (χ4v) is 9.44. The van der Waals surface area contributed by atoms with Crippen molar-refractivity contribution in [1.82, 2.24) is 0 Å². The molecule has 0 aliphatic heterocycles. The Bertz CT molecular complexity index is 715. The minimum atomic E-state index is -0.191. The van der Waals surface area contributed by atoms with E-state index >= 15 is 0 Å². The number of rotatable bonds is 7. The zero-order chi connectivity index (χ0) is 24.1. The molecular weight excluding hydrogens is 408 g/mol. The summed E-state index contributed by atoms with van der Waals surface area (Å²) in [6.07, 6.45) is 12.3. The Balaban J connectivity index is 1.57. The summed E-state index contributed by atoms with van der Waals surface area (Å²) in [5.74, 6) is 4.13. The van der Waals surface area contributed by atoms with Gasteiger partial charge in [0.15, 0.2) is 0 Å². The van der Waals surface area contributed by atoms with Gasteiger partial charge < -0.3 is 14.9 Å². The molecule has 4 rings (SSSR count). The Morgan fingerprint density at radius 3 is 2.42 bits per heavy atom. The van der Waals surface area contributed by atoms with E-state index in [0.717, 1.165) is 32.1 Å². The molecule has 3 fully saturated rings. The Morgan fingerprint density at radius 1 is 1.06 bits per heavy atom. The van der Waals surface area contributed by atoms with Crippen molar-refractivity contribution in [2.24, 2.45) is 52.3 Å². The number of aliphatic hydroxyl groups excluding tert-OH is 2. The summed E-state index contributed by atoms with van der Waals surface area (Å²) < 4.78 is 6.17. The molecule has 0 aromatic heterocycles. The lowest BCUT2D eigenvalue weighted by molar-refractivity contribution is -0.111. The van der Waals surface area contributed by atoms with Crippen LogP contribution in [0, 0.1) is 52.3 Å². The summed E-state index contributed by atoms with van der Waals surface area (Å²) >= 11 is 0. The maximum atomic E-state index is 11.3. The van der Waals surface area contributed by atoms with Gasteiger partial charge >= 0.3 is 0 Å². The Labute approximate surface area is 203 Å².